The molecule has 5 nitrogen and oxygen atoms in total. The molecule has 2 aliphatic rings. The van der Waals surface area contributed by atoms with Gasteiger partial charge in [0.25, 0.3) is 0 Å². The summed E-state index contributed by atoms with van der Waals surface area (Å²) in [4.78, 5) is 5.59. The highest BCUT2D eigenvalue weighted by atomic mass is 19.4. The Morgan fingerprint density at radius 3 is 2.48 bits per heavy atom. The van der Waals surface area contributed by atoms with Gasteiger partial charge in [0.1, 0.15) is 17.7 Å². The Kier molecular flexibility index (Phi) is 5.07. The van der Waals surface area contributed by atoms with Crippen LogP contribution < -0.4 is 5.73 Å². The van der Waals surface area contributed by atoms with E-state index in [2.05, 4.69) is 4.98 Å². The number of alkyl halides is 3. The first-order chi connectivity index (χ1) is 13.6. The van der Waals surface area contributed by atoms with Gasteiger partial charge in [-0.1, -0.05) is 0 Å². The molecule has 1 aromatic heterocycles. The molecule has 2 N–H and O–H groups in total. The maximum atomic E-state index is 14.0. The molecule has 2 aromatic rings. The quantitative estimate of drug-likeness (QED) is 0.600. The van der Waals surface area contributed by atoms with Crippen molar-refractivity contribution in [3.8, 4) is 0 Å². The first-order valence-electron chi connectivity index (χ1n) is 9.02. The predicted molar refractivity (Wildman–Crippen MR) is 89.0 cm³/mol. The molecule has 4 rings (SSSR count). The highest BCUT2D eigenvalue weighted by Gasteiger charge is 2.38. The fourth-order valence-electron chi connectivity index (χ4n) is 3.89. The van der Waals surface area contributed by atoms with Crippen LogP contribution in [0.1, 0.15) is 29.6 Å². The van der Waals surface area contributed by atoms with Crippen molar-refractivity contribution in [1.82, 2.24) is 14.5 Å². The van der Waals surface area contributed by atoms with E-state index in [1.165, 1.54) is 4.57 Å². The van der Waals surface area contributed by atoms with E-state index >= 15 is 0 Å². The van der Waals surface area contributed by atoms with Gasteiger partial charge in [-0.3, -0.25) is 4.90 Å². The Morgan fingerprint density at radius 2 is 1.79 bits per heavy atom. The van der Waals surface area contributed by atoms with Crippen molar-refractivity contribution in [2.45, 2.75) is 43.9 Å². The van der Waals surface area contributed by atoms with Crippen molar-refractivity contribution in [2.24, 2.45) is 5.73 Å². The molecule has 0 amide bonds. The van der Waals surface area contributed by atoms with E-state index in [-0.39, 0.29) is 24.8 Å². The normalized spacial score (nSPS) is 25.8. The molecule has 0 aliphatic carbocycles. The standard InChI is InChI=1S/C18H18F6N4O/c19-11-5-13(21)12(20)4-10(11)17-14(25)3-9(8-29-17)27-1-2-28-6-15(18(22,23)24)26-16(28)7-27/h4-6,9,14,17H,1-3,7-8,25H2/t9-,14+,17?/m1/s1. The smallest absolute Gasteiger partial charge is 0.370 e. The van der Waals surface area contributed by atoms with Gasteiger partial charge in [0.15, 0.2) is 17.3 Å². The second kappa shape index (κ2) is 7.29. The van der Waals surface area contributed by atoms with E-state index in [1.807, 2.05) is 4.90 Å². The number of hydrogen-bond donors (Lipinski definition) is 1. The number of halogens is 6. The van der Waals surface area contributed by atoms with Crippen LogP contribution in [0.3, 0.4) is 0 Å². The molecular formula is C18H18F6N4O. The average molecular weight is 420 g/mol. The molecule has 3 atom stereocenters. The highest BCUT2D eigenvalue weighted by Crippen LogP contribution is 2.34. The van der Waals surface area contributed by atoms with Crippen LogP contribution in [0.5, 0.6) is 0 Å². The first kappa shape index (κ1) is 20.2. The van der Waals surface area contributed by atoms with Crippen molar-refractivity contribution in [1.29, 1.82) is 0 Å². The van der Waals surface area contributed by atoms with Gasteiger partial charge >= 0.3 is 6.18 Å². The van der Waals surface area contributed by atoms with E-state index in [1.54, 1.807) is 0 Å². The minimum atomic E-state index is -4.51. The lowest BCUT2D eigenvalue weighted by atomic mass is 9.93. The summed E-state index contributed by atoms with van der Waals surface area (Å²) < 4.78 is 86.4. The molecule has 0 radical (unpaired) electrons. The number of benzene rings is 1. The molecule has 0 saturated carbocycles. The van der Waals surface area contributed by atoms with Crippen LogP contribution in [0.4, 0.5) is 26.3 Å². The summed E-state index contributed by atoms with van der Waals surface area (Å²) in [6, 6.07) is 0.288. The van der Waals surface area contributed by atoms with E-state index in [9.17, 15) is 26.3 Å². The molecule has 29 heavy (non-hydrogen) atoms. The van der Waals surface area contributed by atoms with Crippen LogP contribution in [0.25, 0.3) is 0 Å². The van der Waals surface area contributed by atoms with E-state index in [4.69, 9.17) is 10.5 Å². The molecule has 0 spiro atoms. The highest BCUT2D eigenvalue weighted by molar-refractivity contribution is 5.24. The summed E-state index contributed by atoms with van der Waals surface area (Å²) in [5.74, 6) is -3.13. The summed E-state index contributed by atoms with van der Waals surface area (Å²) in [5.41, 5.74) is 5.03. The summed E-state index contributed by atoms with van der Waals surface area (Å²) in [6.45, 7) is 1.14. The van der Waals surface area contributed by atoms with Gasteiger partial charge in [-0.05, 0) is 12.5 Å². The van der Waals surface area contributed by atoms with Crippen molar-refractivity contribution >= 4 is 0 Å². The third kappa shape index (κ3) is 3.86. The summed E-state index contributed by atoms with van der Waals surface area (Å²) in [5, 5.41) is 0. The number of nitrogens with two attached hydrogens (primary N) is 1. The van der Waals surface area contributed by atoms with Crippen molar-refractivity contribution in [3.63, 3.8) is 0 Å². The minimum absolute atomic E-state index is 0.129. The number of nitrogens with zero attached hydrogens (tertiary/aromatic N) is 3. The molecule has 1 unspecified atom stereocenters. The number of hydrogen-bond acceptors (Lipinski definition) is 4. The molecule has 3 heterocycles. The summed E-state index contributed by atoms with van der Waals surface area (Å²) >= 11 is 0. The van der Waals surface area contributed by atoms with Gasteiger partial charge in [-0.25, -0.2) is 18.2 Å². The van der Waals surface area contributed by atoms with Gasteiger partial charge in [-0.15, -0.1) is 0 Å². The molecule has 2 aliphatic heterocycles. The van der Waals surface area contributed by atoms with Crippen LogP contribution in [-0.2, 0) is 24.0 Å². The maximum Gasteiger partial charge on any atom is 0.434 e. The monoisotopic (exact) mass is 420 g/mol. The second-order valence-electron chi connectivity index (χ2n) is 7.30. The number of rotatable bonds is 2. The number of aromatic nitrogens is 2. The van der Waals surface area contributed by atoms with Crippen LogP contribution in [0.2, 0.25) is 0 Å². The Balaban J connectivity index is 1.46. The SMILES string of the molecule is N[C@H]1C[C@@H](N2CCn3cc(C(F)(F)F)nc3C2)COC1c1cc(F)c(F)cc1F. The Hall–Kier alpha value is -2.11. The van der Waals surface area contributed by atoms with E-state index in [0.717, 1.165) is 12.3 Å². The molecule has 0 bridgehead atoms. The maximum absolute atomic E-state index is 14.0. The number of ether oxygens (including phenoxy) is 1. The van der Waals surface area contributed by atoms with Gasteiger partial charge in [-0.2, -0.15) is 13.2 Å². The fraction of sp³-hybridized carbons (Fsp3) is 0.500. The van der Waals surface area contributed by atoms with Gasteiger partial charge in [0.05, 0.1) is 13.2 Å². The van der Waals surface area contributed by atoms with Crippen molar-refractivity contribution in [3.05, 3.63) is 52.9 Å². The average Bonchev–Trinajstić information content (AvgIpc) is 3.09. The largest absolute Gasteiger partial charge is 0.434 e. The van der Waals surface area contributed by atoms with E-state index < -0.39 is 41.5 Å². The fourth-order valence-corrected chi connectivity index (χ4v) is 3.89. The Labute approximate surface area is 162 Å². The zero-order valence-electron chi connectivity index (χ0n) is 15.1. The lowest BCUT2D eigenvalue weighted by Crippen LogP contribution is -2.51. The second-order valence-corrected chi connectivity index (χ2v) is 7.30. The lowest BCUT2D eigenvalue weighted by molar-refractivity contribution is -0.141. The number of imidazole rings is 1. The summed E-state index contributed by atoms with van der Waals surface area (Å²) in [7, 11) is 0. The third-order valence-electron chi connectivity index (χ3n) is 5.39. The minimum Gasteiger partial charge on any atom is -0.370 e. The Morgan fingerprint density at radius 1 is 1.07 bits per heavy atom. The van der Waals surface area contributed by atoms with Crippen LogP contribution in [0, 0.1) is 17.5 Å². The van der Waals surface area contributed by atoms with Crippen molar-refractivity contribution in [2.75, 3.05) is 13.2 Å². The predicted octanol–water partition coefficient (Wildman–Crippen LogP) is 2.99. The third-order valence-corrected chi connectivity index (χ3v) is 5.39. The number of fused-ring (bicyclic) bond motifs is 1. The van der Waals surface area contributed by atoms with Crippen molar-refractivity contribution < 1.29 is 31.1 Å². The molecule has 158 valence electrons. The zero-order valence-corrected chi connectivity index (χ0v) is 15.1. The topological polar surface area (TPSA) is 56.3 Å². The molecule has 1 aromatic carbocycles. The van der Waals surface area contributed by atoms with Crippen LogP contribution >= 0.6 is 0 Å². The first-order valence-corrected chi connectivity index (χ1v) is 9.02. The Bertz CT molecular complexity index is 914. The molecular weight excluding hydrogens is 402 g/mol. The van der Waals surface area contributed by atoms with Gasteiger partial charge < -0.3 is 15.0 Å². The zero-order chi connectivity index (χ0) is 20.9. The summed E-state index contributed by atoms with van der Waals surface area (Å²) in [6.07, 6.45) is -4.09. The lowest BCUT2D eigenvalue weighted by Gasteiger charge is -2.41. The molecule has 1 fully saturated rings. The van der Waals surface area contributed by atoms with Crippen LogP contribution in [0.15, 0.2) is 18.3 Å². The molecule has 1 saturated heterocycles. The van der Waals surface area contributed by atoms with Gasteiger partial charge in [0.2, 0.25) is 0 Å². The van der Waals surface area contributed by atoms with E-state index in [0.29, 0.717) is 31.4 Å². The molecule has 11 heteroatoms. The van der Waals surface area contributed by atoms with Gasteiger partial charge in [0, 0.05) is 43.0 Å². The van der Waals surface area contributed by atoms with Crippen LogP contribution in [-0.4, -0.2) is 39.7 Å².